The second-order valence-electron chi connectivity index (χ2n) is 15.7. The number of hydrogen-bond donors (Lipinski definition) is 0. The molecule has 0 spiro atoms. The van der Waals surface area contributed by atoms with Gasteiger partial charge in [-0.15, -0.1) is 11.3 Å². The Morgan fingerprint density at radius 3 is 1.81 bits per heavy atom. The fourth-order valence-corrected chi connectivity index (χ4v) is 10.5. The molecule has 1 aromatic heterocycles. The second-order valence-corrected chi connectivity index (χ2v) is 16.7. The van der Waals surface area contributed by atoms with Crippen LogP contribution in [-0.4, -0.2) is 0 Å². The van der Waals surface area contributed by atoms with Crippen LogP contribution >= 0.6 is 11.3 Å². The van der Waals surface area contributed by atoms with Crippen molar-refractivity contribution in [2.45, 2.75) is 19.3 Å². The number of thiophene rings is 1. The maximum Gasteiger partial charge on any atom is 0.0540 e. The molecule has 1 nitrogen and oxygen atoms in total. The van der Waals surface area contributed by atoms with Gasteiger partial charge in [0.25, 0.3) is 0 Å². The van der Waals surface area contributed by atoms with Crippen molar-refractivity contribution < 1.29 is 0 Å². The Hall–Kier alpha value is -6.74. The molecule has 57 heavy (non-hydrogen) atoms. The summed E-state index contributed by atoms with van der Waals surface area (Å²) in [6.07, 6.45) is 0. The van der Waals surface area contributed by atoms with Gasteiger partial charge in [0, 0.05) is 42.2 Å². The summed E-state index contributed by atoms with van der Waals surface area (Å²) in [7, 11) is 0. The van der Waals surface area contributed by atoms with Gasteiger partial charge >= 0.3 is 0 Å². The molecule has 0 unspecified atom stereocenters. The van der Waals surface area contributed by atoms with Crippen molar-refractivity contribution in [2.24, 2.45) is 0 Å². The summed E-state index contributed by atoms with van der Waals surface area (Å²) in [4.78, 5) is 2.52. The smallest absolute Gasteiger partial charge is 0.0540 e. The molecule has 0 radical (unpaired) electrons. The maximum absolute atomic E-state index is 2.52. The van der Waals surface area contributed by atoms with Crippen LogP contribution in [0.15, 0.2) is 200 Å². The minimum atomic E-state index is -0.133. The van der Waals surface area contributed by atoms with E-state index in [2.05, 4.69) is 219 Å². The zero-order chi connectivity index (χ0) is 38.1. The summed E-state index contributed by atoms with van der Waals surface area (Å²) < 4.78 is 2.62. The van der Waals surface area contributed by atoms with Gasteiger partial charge in [0.2, 0.25) is 0 Å². The summed E-state index contributed by atoms with van der Waals surface area (Å²) in [5.74, 6) is 0. The third-order valence-electron chi connectivity index (χ3n) is 12.1. The number of anilines is 3. The quantitative estimate of drug-likeness (QED) is 0.164. The fourth-order valence-electron chi connectivity index (χ4n) is 9.34. The van der Waals surface area contributed by atoms with Crippen molar-refractivity contribution in [3.8, 4) is 44.5 Å². The van der Waals surface area contributed by atoms with Gasteiger partial charge in [-0.3, -0.25) is 0 Å². The average Bonchev–Trinajstić information content (AvgIpc) is 3.76. The Balaban J connectivity index is 1.14. The zero-order valence-corrected chi connectivity index (χ0v) is 32.7. The first kappa shape index (κ1) is 33.6. The molecule has 9 aromatic carbocycles. The van der Waals surface area contributed by atoms with E-state index in [-0.39, 0.29) is 5.41 Å². The predicted octanol–water partition coefficient (Wildman–Crippen LogP) is 16.0. The summed E-state index contributed by atoms with van der Waals surface area (Å²) in [6.45, 7) is 4.74. The van der Waals surface area contributed by atoms with E-state index in [9.17, 15) is 0 Å². The maximum atomic E-state index is 2.52. The van der Waals surface area contributed by atoms with Gasteiger partial charge in [-0.1, -0.05) is 178 Å². The van der Waals surface area contributed by atoms with Crippen molar-refractivity contribution in [2.75, 3.05) is 4.90 Å². The lowest BCUT2D eigenvalue weighted by molar-refractivity contribution is 0.660. The number of benzene rings is 9. The zero-order valence-electron chi connectivity index (χ0n) is 31.9. The third kappa shape index (κ3) is 5.36. The molecule has 11 rings (SSSR count). The molecule has 10 aromatic rings. The normalized spacial score (nSPS) is 12.9. The van der Waals surface area contributed by atoms with E-state index in [1.54, 1.807) is 0 Å². The molecule has 270 valence electrons. The van der Waals surface area contributed by atoms with Gasteiger partial charge in [0.05, 0.1) is 11.4 Å². The monoisotopic (exact) mass is 745 g/mol. The van der Waals surface area contributed by atoms with Crippen LogP contribution < -0.4 is 4.90 Å². The molecular formula is C55H39NS. The van der Waals surface area contributed by atoms with E-state index in [1.807, 2.05) is 11.3 Å². The largest absolute Gasteiger partial charge is 0.309 e. The summed E-state index contributed by atoms with van der Waals surface area (Å²) in [5, 5.41) is 5.05. The summed E-state index contributed by atoms with van der Waals surface area (Å²) >= 11 is 1.87. The molecule has 0 N–H and O–H groups in total. The van der Waals surface area contributed by atoms with Crippen LogP contribution in [0.25, 0.3) is 75.5 Å². The van der Waals surface area contributed by atoms with Crippen LogP contribution in [-0.2, 0) is 5.41 Å². The van der Waals surface area contributed by atoms with E-state index in [4.69, 9.17) is 0 Å². The van der Waals surface area contributed by atoms with Crippen LogP contribution in [0.3, 0.4) is 0 Å². The number of hydrogen-bond acceptors (Lipinski definition) is 2. The van der Waals surface area contributed by atoms with Crippen molar-refractivity contribution in [3.05, 3.63) is 211 Å². The van der Waals surface area contributed by atoms with Gasteiger partial charge in [0.1, 0.15) is 0 Å². The molecule has 0 atom stereocenters. The number of fused-ring (bicyclic) bond motifs is 7. The highest BCUT2D eigenvalue weighted by molar-refractivity contribution is 7.25. The van der Waals surface area contributed by atoms with Crippen molar-refractivity contribution in [1.29, 1.82) is 0 Å². The highest BCUT2D eigenvalue weighted by atomic mass is 32.1. The van der Waals surface area contributed by atoms with Gasteiger partial charge in [-0.2, -0.15) is 0 Å². The molecule has 1 heterocycles. The van der Waals surface area contributed by atoms with Crippen molar-refractivity contribution >= 4 is 59.3 Å². The van der Waals surface area contributed by atoms with E-state index in [1.165, 1.54) is 86.6 Å². The molecule has 1 aliphatic carbocycles. The lowest BCUT2D eigenvalue weighted by Crippen LogP contribution is -2.17. The molecule has 0 fully saturated rings. The number of nitrogens with zero attached hydrogens (tertiary/aromatic N) is 1. The standard InChI is InChI=1S/C55H39NS/c1-55(2)48-23-11-8-18-42(48)43-32-31-39(35-49(43)55)56(50-24-12-9-20-45(50)46-22-14-26-53-54(46)47-21-10-13-25-52(47)57-53)51-34-33-40(41-17-6-7-19-44(41)51)38-29-27-37(28-30-38)36-15-4-3-5-16-36/h3-35H,1-2H3. The van der Waals surface area contributed by atoms with Gasteiger partial charge < -0.3 is 4.90 Å². The molecule has 2 heteroatoms. The first-order valence-electron chi connectivity index (χ1n) is 19.8. The van der Waals surface area contributed by atoms with Crippen molar-refractivity contribution in [3.63, 3.8) is 0 Å². The first-order valence-corrected chi connectivity index (χ1v) is 20.6. The van der Waals surface area contributed by atoms with Crippen LogP contribution in [0.5, 0.6) is 0 Å². The summed E-state index contributed by atoms with van der Waals surface area (Å²) in [6, 6.07) is 73.9. The molecule has 0 saturated heterocycles. The Morgan fingerprint density at radius 2 is 0.965 bits per heavy atom. The topological polar surface area (TPSA) is 3.24 Å². The number of para-hydroxylation sites is 1. The predicted molar refractivity (Wildman–Crippen MR) is 245 cm³/mol. The minimum absolute atomic E-state index is 0.133. The van der Waals surface area contributed by atoms with Crippen LogP contribution in [0.1, 0.15) is 25.0 Å². The lowest BCUT2D eigenvalue weighted by Gasteiger charge is -2.31. The van der Waals surface area contributed by atoms with Gasteiger partial charge in [0.15, 0.2) is 0 Å². The van der Waals surface area contributed by atoms with E-state index >= 15 is 0 Å². The molecule has 0 bridgehead atoms. The minimum Gasteiger partial charge on any atom is -0.309 e. The molecular weight excluding hydrogens is 707 g/mol. The Morgan fingerprint density at radius 1 is 0.368 bits per heavy atom. The lowest BCUT2D eigenvalue weighted by atomic mass is 9.82. The van der Waals surface area contributed by atoms with Crippen LogP contribution in [0.4, 0.5) is 17.1 Å². The molecule has 0 saturated carbocycles. The number of rotatable bonds is 6. The highest BCUT2D eigenvalue weighted by Crippen LogP contribution is 2.53. The van der Waals surface area contributed by atoms with Crippen LogP contribution in [0, 0.1) is 0 Å². The first-order chi connectivity index (χ1) is 28.0. The average molecular weight is 746 g/mol. The Kier molecular flexibility index (Phi) is 7.77. The molecule has 1 aliphatic rings. The Labute approximate surface area is 337 Å². The van der Waals surface area contributed by atoms with Gasteiger partial charge in [-0.05, 0) is 91.9 Å². The molecule has 0 aliphatic heterocycles. The third-order valence-corrected chi connectivity index (χ3v) is 13.2. The van der Waals surface area contributed by atoms with Gasteiger partial charge in [-0.25, -0.2) is 0 Å². The molecule has 0 amide bonds. The highest BCUT2D eigenvalue weighted by Gasteiger charge is 2.36. The van der Waals surface area contributed by atoms with E-state index in [0.29, 0.717) is 0 Å². The van der Waals surface area contributed by atoms with E-state index in [0.717, 1.165) is 17.1 Å². The summed E-state index contributed by atoms with van der Waals surface area (Å²) in [5.41, 5.74) is 16.0. The van der Waals surface area contributed by atoms with E-state index < -0.39 is 0 Å². The van der Waals surface area contributed by atoms with Crippen LogP contribution in [0.2, 0.25) is 0 Å². The van der Waals surface area contributed by atoms with Crippen molar-refractivity contribution in [1.82, 2.24) is 0 Å². The second kappa shape index (κ2) is 13.2. The SMILES string of the molecule is CC1(C)c2ccccc2-c2ccc(N(c3ccccc3-c3cccc4sc5ccccc5c34)c3ccc(-c4ccc(-c5ccccc5)cc4)c4ccccc34)cc21. The fraction of sp³-hybridized carbons (Fsp3) is 0.0545. The Bertz CT molecular complexity index is 3150.